The van der Waals surface area contributed by atoms with Crippen molar-refractivity contribution in [1.29, 1.82) is 0 Å². The Morgan fingerprint density at radius 1 is 1.37 bits per heavy atom. The van der Waals surface area contributed by atoms with Crippen LogP contribution in [0.15, 0.2) is 22.7 Å². The maximum atomic E-state index is 11.6. The van der Waals surface area contributed by atoms with Crippen LogP contribution in [0.3, 0.4) is 0 Å². The first-order chi connectivity index (χ1) is 9.02. The summed E-state index contributed by atoms with van der Waals surface area (Å²) in [6.07, 6.45) is 0.981. The topological polar surface area (TPSA) is 75.6 Å². The summed E-state index contributed by atoms with van der Waals surface area (Å²) in [5, 5.41) is 11.6. The number of carboxylic acid groups (broad SMARTS) is 1. The predicted molar refractivity (Wildman–Crippen MR) is 75.5 cm³/mol. The number of nitrogens with one attached hydrogen (secondary N) is 1. The van der Waals surface area contributed by atoms with Crippen LogP contribution in [0.5, 0.6) is 0 Å². The molecule has 0 heterocycles. The summed E-state index contributed by atoms with van der Waals surface area (Å²) in [5.74, 6) is -1.19. The van der Waals surface area contributed by atoms with Crippen LogP contribution in [0.1, 0.15) is 30.1 Å². The molecular weight excluding hydrogens is 314 g/mol. The lowest BCUT2D eigenvalue weighted by Gasteiger charge is -2.07. The van der Waals surface area contributed by atoms with Gasteiger partial charge in [-0.25, -0.2) is 4.79 Å². The summed E-state index contributed by atoms with van der Waals surface area (Å²) in [5.41, 5.74) is 0.590. The van der Waals surface area contributed by atoms with Gasteiger partial charge in [0.1, 0.15) is 0 Å². The fourth-order valence-electron chi connectivity index (χ4n) is 1.49. The molecule has 0 spiro atoms. The van der Waals surface area contributed by atoms with E-state index in [1.807, 2.05) is 6.92 Å². The number of ether oxygens (including phenoxy) is 1. The van der Waals surface area contributed by atoms with Crippen LogP contribution in [0.2, 0.25) is 0 Å². The highest BCUT2D eigenvalue weighted by molar-refractivity contribution is 9.10. The molecule has 1 aromatic carbocycles. The molecule has 0 saturated carbocycles. The number of carboxylic acids is 1. The summed E-state index contributed by atoms with van der Waals surface area (Å²) in [4.78, 5) is 22.5. The monoisotopic (exact) mass is 329 g/mol. The summed E-state index contributed by atoms with van der Waals surface area (Å²) in [6.45, 7) is 3.08. The van der Waals surface area contributed by atoms with Gasteiger partial charge in [0.05, 0.1) is 5.56 Å². The van der Waals surface area contributed by atoms with Crippen LogP contribution in [0.4, 0.5) is 5.69 Å². The number of hydrogen-bond donors (Lipinski definition) is 2. The highest BCUT2D eigenvalue weighted by Gasteiger charge is 2.08. The molecule has 1 aromatic rings. The van der Waals surface area contributed by atoms with Gasteiger partial charge in [-0.2, -0.15) is 0 Å². The Kier molecular flexibility index (Phi) is 6.52. The van der Waals surface area contributed by atoms with Gasteiger partial charge in [-0.1, -0.05) is 15.9 Å². The van der Waals surface area contributed by atoms with Crippen molar-refractivity contribution in [1.82, 2.24) is 0 Å². The van der Waals surface area contributed by atoms with Crippen molar-refractivity contribution in [3.63, 3.8) is 0 Å². The van der Waals surface area contributed by atoms with Gasteiger partial charge >= 0.3 is 5.97 Å². The third-order valence-corrected chi connectivity index (χ3v) is 2.78. The van der Waals surface area contributed by atoms with Crippen molar-refractivity contribution < 1.29 is 19.4 Å². The minimum Gasteiger partial charge on any atom is -0.478 e. The normalized spacial score (nSPS) is 10.2. The molecule has 0 aromatic heterocycles. The van der Waals surface area contributed by atoms with Crippen molar-refractivity contribution in [3.05, 3.63) is 28.2 Å². The zero-order valence-corrected chi connectivity index (χ0v) is 12.2. The standard InChI is InChI=1S/C13H16BrNO4/c1-2-19-5-3-4-12(16)15-11-7-9(13(17)18)6-10(14)8-11/h6-8H,2-5H2,1H3,(H,15,16)(H,17,18). The first-order valence-corrected chi connectivity index (χ1v) is 6.73. The van der Waals surface area contributed by atoms with Gasteiger partial charge in [-0.15, -0.1) is 0 Å². The molecular formula is C13H16BrNO4. The lowest BCUT2D eigenvalue weighted by molar-refractivity contribution is -0.116. The SMILES string of the molecule is CCOCCCC(=O)Nc1cc(Br)cc(C(=O)O)c1. The Balaban J connectivity index is 2.56. The average Bonchev–Trinajstić information content (AvgIpc) is 2.34. The maximum absolute atomic E-state index is 11.6. The number of hydrogen-bond acceptors (Lipinski definition) is 3. The van der Waals surface area contributed by atoms with Gasteiger partial charge in [-0.05, 0) is 31.5 Å². The molecule has 104 valence electrons. The van der Waals surface area contributed by atoms with E-state index in [1.165, 1.54) is 12.1 Å². The van der Waals surface area contributed by atoms with Gasteiger partial charge < -0.3 is 15.2 Å². The highest BCUT2D eigenvalue weighted by Crippen LogP contribution is 2.20. The van der Waals surface area contributed by atoms with Crippen molar-refractivity contribution in [2.45, 2.75) is 19.8 Å². The molecule has 0 fully saturated rings. The Hall–Kier alpha value is -1.40. The van der Waals surface area contributed by atoms with Crippen LogP contribution in [0.25, 0.3) is 0 Å². The summed E-state index contributed by atoms with van der Waals surface area (Å²) in [7, 11) is 0. The molecule has 2 N–H and O–H groups in total. The fourth-order valence-corrected chi connectivity index (χ4v) is 1.98. The van der Waals surface area contributed by atoms with Crippen LogP contribution in [0, 0.1) is 0 Å². The second kappa shape index (κ2) is 7.91. The molecule has 6 heteroatoms. The Morgan fingerprint density at radius 2 is 2.11 bits per heavy atom. The maximum Gasteiger partial charge on any atom is 0.335 e. The smallest absolute Gasteiger partial charge is 0.335 e. The van der Waals surface area contributed by atoms with Gasteiger partial charge in [0.25, 0.3) is 0 Å². The number of carbonyl (C=O) groups is 2. The van der Waals surface area contributed by atoms with Crippen LogP contribution in [-0.4, -0.2) is 30.2 Å². The Labute approximate surface area is 120 Å². The first kappa shape index (κ1) is 15.7. The average molecular weight is 330 g/mol. The van der Waals surface area contributed by atoms with E-state index in [-0.39, 0.29) is 11.5 Å². The molecule has 0 unspecified atom stereocenters. The molecule has 0 atom stereocenters. The first-order valence-electron chi connectivity index (χ1n) is 5.94. The third kappa shape index (κ3) is 5.85. The largest absolute Gasteiger partial charge is 0.478 e. The van der Waals surface area contributed by atoms with Crippen molar-refractivity contribution in [3.8, 4) is 0 Å². The van der Waals surface area contributed by atoms with E-state index in [2.05, 4.69) is 21.2 Å². The Morgan fingerprint density at radius 3 is 2.74 bits per heavy atom. The number of halogens is 1. The number of rotatable bonds is 7. The minimum absolute atomic E-state index is 0.124. The zero-order valence-electron chi connectivity index (χ0n) is 10.6. The number of carbonyl (C=O) groups excluding carboxylic acids is 1. The lowest BCUT2D eigenvalue weighted by Crippen LogP contribution is -2.13. The van der Waals surface area contributed by atoms with E-state index in [0.717, 1.165) is 0 Å². The third-order valence-electron chi connectivity index (χ3n) is 2.33. The van der Waals surface area contributed by atoms with Gasteiger partial charge in [0.15, 0.2) is 0 Å². The molecule has 0 aliphatic heterocycles. The summed E-state index contributed by atoms with van der Waals surface area (Å²) >= 11 is 3.21. The van der Waals surface area contributed by atoms with Crippen LogP contribution >= 0.6 is 15.9 Å². The van der Waals surface area contributed by atoms with Gasteiger partial charge in [0, 0.05) is 29.8 Å². The lowest BCUT2D eigenvalue weighted by atomic mass is 10.2. The van der Waals surface area contributed by atoms with Crippen molar-refractivity contribution >= 4 is 33.5 Å². The number of amides is 1. The molecule has 0 aliphatic carbocycles. The van der Waals surface area contributed by atoms with Crippen molar-refractivity contribution in [2.24, 2.45) is 0 Å². The van der Waals surface area contributed by atoms with Crippen LogP contribution in [-0.2, 0) is 9.53 Å². The minimum atomic E-state index is -1.03. The van der Waals surface area contributed by atoms with E-state index in [4.69, 9.17) is 9.84 Å². The van der Waals surface area contributed by atoms with Crippen molar-refractivity contribution in [2.75, 3.05) is 18.5 Å². The number of aromatic carboxylic acids is 1. The van der Waals surface area contributed by atoms with E-state index in [9.17, 15) is 9.59 Å². The highest BCUT2D eigenvalue weighted by atomic mass is 79.9. The zero-order chi connectivity index (χ0) is 14.3. The summed E-state index contributed by atoms with van der Waals surface area (Å²) in [6, 6.07) is 4.56. The molecule has 0 saturated heterocycles. The molecule has 1 rings (SSSR count). The fraction of sp³-hybridized carbons (Fsp3) is 0.385. The number of anilines is 1. The Bertz CT molecular complexity index is 462. The van der Waals surface area contributed by atoms with E-state index >= 15 is 0 Å². The molecule has 1 amide bonds. The summed E-state index contributed by atoms with van der Waals surface area (Å²) < 4.78 is 5.75. The molecule has 5 nitrogen and oxygen atoms in total. The second-order valence-corrected chi connectivity index (χ2v) is 4.80. The van der Waals surface area contributed by atoms with E-state index in [0.29, 0.717) is 36.2 Å². The second-order valence-electron chi connectivity index (χ2n) is 3.88. The molecule has 0 bridgehead atoms. The van der Waals surface area contributed by atoms with Crippen LogP contribution < -0.4 is 5.32 Å². The number of benzene rings is 1. The van der Waals surface area contributed by atoms with Gasteiger partial charge in [-0.3, -0.25) is 4.79 Å². The van der Waals surface area contributed by atoms with E-state index in [1.54, 1.807) is 6.07 Å². The quantitative estimate of drug-likeness (QED) is 0.754. The molecule has 0 aliphatic rings. The predicted octanol–water partition coefficient (Wildman–Crippen LogP) is 2.90. The van der Waals surface area contributed by atoms with Gasteiger partial charge in [0.2, 0.25) is 5.91 Å². The molecule has 0 radical (unpaired) electrons. The van der Waals surface area contributed by atoms with E-state index < -0.39 is 5.97 Å². The molecule has 19 heavy (non-hydrogen) atoms.